The first-order valence-electron chi connectivity index (χ1n) is 10.2. The molecule has 1 aliphatic rings. The number of carbonyl (C=O) groups is 2. The Hall–Kier alpha value is -3.54. The Balaban J connectivity index is 1.45. The van der Waals surface area contributed by atoms with Gasteiger partial charge >= 0.3 is 5.97 Å². The normalized spacial score (nSPS) is 14.9. The third-order valence-electron chi connectivity index (χ3n) is 5.60. The highest BCUT2D eigenvalue weighted by molar-refractivity contribution is 5.99. The Bertz CT molecular complexity index is 1160. The maximum Gasteiger partial charge on any atom is 0.351 e. The lowest BCUT2D eigenvalue weighted by molar-refractivity contribution is -0.153. The number of nitrogens with zero attached hydrogens (tertiary/aromatic N) is 1. The van der Waals surface area contributed by atoms with Crippen LogP contribution in [0.5, 0.6) is 11.5 Å². The van der Waals surface area contributed by atoms with Crippen LogP contribution < -0.4 is 9.47 Å². The van der Waals surface area contributed by atoms with Gasteiger partial charge in [0, 0.05) is 22.6 Å². The van der Waals surface area contributed by atoms with Crippen LogP contribution in [0, 0.1) is 27.7 Å². The molecule has 4 rings (SSSR count). The molecule has 2 aromatic carbocycles. The molecule has 6 heteroatoms. The molecule has 1 atom stereocenters. The summed E-state index contributed by atoms with van der Waals surface area (Å²) in [5.41, 5.74) is 5.69. The van der Waals surface area contributed by atoms with Crippen LogP contribution in [-0.4, -0.2) is 35.6 Å². The van der Waals surface area contributed by atoms with E-state index in [0.29, 0.717) is 17.1 Å². The van der Waals surface area contributed by atoms with Crippen molar-refractivity contribution in [3.8, 4) is 17.2 Å². The van der Waals surface area contributed by atoms with Gasteiger partial charge in [0.2, 0.25) is 11.9 Å². The number of fused-ring (bicyclic) bond motifs is 1. The first-order valence-corrected chi connectivity index (χ1v) is 10.2. The number of ether oxygens (including phenoxy) is 3. The summed E-state index contributed by atoms with van der Waals surface area (Å²) < 4.78 is 18.5. The highest BCUT2D eigenvalue weighted by Crippen LogP contribution is 2.31. The minimum absolute atomic E-state index is 0.0469. The van der Waals surface area contributed by atoms with Crippen molar-refractivity contribution < 1.29 is 23.8 Å². The van der Waals surface area contributed by atoms with E-state index in [4.69, 9.17) is 14.2 Å². The lowest BCUT2D eigenvalue weighted by Gasteiger charge is -2.24. The quantitative estimate of drug-likeness (QED) is 0.456. The monoisotopic (exact) mass is 419 g/mol. The molecule has 0 amide bonds. The number of para-hydroxylation sites is 2. The van der Waals surface area contributed by atoms with Gasteiger partial charge in [-0.1, -0.05) is 18.2 Å². The summed E-state index contributed by atoms with van der Waals surface area (Å²) in [6, 6.07) is 15.1. The Morgan fingerprint density at radius 2 is 1.74 bits per heavy atom. The van der Waals surface area contributed by atoms with E-state index in [2.05, 4.69) is 26.0 Å². The molecule has 0 fully saturated rings. The molecule has 1 aromatic heterocycles. The van der Waals surface area contributed by atoms with E-state index in [-0.39, 0.29) is 19.0 Å². The summed E-state index contributed by atoms with van der Waals surface area (Å²) in [5, 5.41) is 0. The fraction of sp³-hybridized carbons (Fsp3) is 0.280. The highest BCUT2D eigenvalue weighted by Gasteiger charge is 2.29. The van der Waals surface area contributed by atoms with Gasteiger partial charge in [0.15, 0.2) is 18.1 Å². The zero-order chi connectivity index (χ0) is 22.1. The van der Waals surface area contributed by atoms with Crippen molar-refractivity contribution in [2.45, 2.75) is 33.8 Å². The molecule has 0 spiro atoms. The van der Waals surface area contributed by atoms with E-state index in [1.54, 1.807) is 18.2 Å². The Morgan fingerprint density at radius 3 is 2.48 bits per heavy atom. The SMILES string of the molecule is Cc1ccc(-n2c(C)cc(C(=O)COC(=O)[C@@H]3COc4ccccc4O3)c2C)cc1C. The molecule has 0 unspecified atom stereocenters. The van der Waals surface area contributed by atoms with E-state index in [0.717, 1.165) is 17.1 Å². The van der Waals surface area contributed by atoms with E-state index < -0.39 is 12.1 Å². The zero-order valence-corrected chi connectivity index (χ0v) is 18.1. The predicted octanol–water partition coefficient (Wildman–Crippen LogP) is 4.28. The minimum Gasteiger partial charge on any atom is -0.485 e. The van der Waals surface area contributed by atoms with Gasteiger partial charge in [-0.15, -0.1) is 0 Å². The standard InChI is InChI=1S/C25H25NO5/c1-15-9-10-19(11-16(15)2)26-17(3)12-20(18(26)4)21(27)13-30-25(28)24-14-29-22-7-5-6-8-23(22)31-24/h5-12,24H,13-14H2,1-4H3/t24-/m0/s1. The van der Waals surface area contributed by atoms with Gasteiger partial charge in [0.1, 0.15) is 6.61 Å². The number of hydrogen-bond donors (Lipinski definition) is 0. The number of hydrogen-bond acceptors (Lipinski definition) is 5. The van der Waals surface area contributed by atoms with Crippen molar-refractivity contribution in [3.63, 3.8) is 0 Å². The number of carbonyl (C=O) groups excluding carboxylic acids is 2. The summed E-state index contributed by atoms with van der Waals surface area (Å²) in [4.78, 5) is 25.2. The zero-order valence-electron chi connectivity index (χ0n) is 18.1. The minimum atomic E-state index is -0.898. The van der Waals surface area contributed by atoms with E-state index in [9.17, 15) is 9.59 Å². The summed E-state index contributed by atoms with van der Waals surface area (Å²) in [6.07, 6.45) is -0.898. The lowest BCUT2D eigenvalue weighted by Crippen LogP contribution is -2.38. The number of aromatic nitrogens is 1. The van der Waals surface area contributed by atoms with Crippen LogP contribution in [0.3, 0.4) is 0 Å². The number of ketones is 1. The van der Waals surface area contributed by atoms with Gasteiger partial charge in [-0.3, -0.25) is 4.79 Å². The number of benzene rings is 2. The van der Waals surface area contributed by atoms with Crippen LogP contribution in [0.1, 0.15) is 32.9 Å². The maximum atomic E-state index is 12.8. The van der Waals surface area contributed by atoms with Crippen LogP contribution in [0.4, 0.5) is 0 Å². The Kier molecular flexibility index (Phi) is 5.55. The van der Waals surface area contributed by atoms with Crippen molar-refractivity contribution in [1.82, 2.24) is 4.57 Å². The molecule has 0 saturated carbocycles. The van der Waals surface area contributed by atoms with Gasteiger partial charge in [-0.2, -0.15) is 0 Å². The second kappa shape index (κ2) is 8.30. The fourth-order valence-electron chi connectivity index (χ4n) is 3.75. The molecule has 0 N–H and O–H groups in total. The summed E-state index contributed by atoms with van der Waals surface area (Å²) in [5.74, 6) is 0.194. The molecule has 31 heavy (non-hydrogen) atoms. The predicted molar refractivity (Wildman–Crippen MR) is 116 cm³/mol. The van der Waals surface area contributed by atoms with Gasteiger partial charge in [0.25, 0.3) is 0 Å². The van der Waals surface area contributed by atoms with Crippen LogP contribution in [0.25, 0.3) is 5.69 Å². The van der Waals surface area contributed by atoms with Crippen molar-refractivity contribution in [2.75, 3.05) is 13.2 Å². The third-order valence-corrected chi connectivity index (χ3v) is 5.60. The maximum absolute atomic E-state index is 12.8. The largest absolute Gasteiger partial charge is 0.485 e. The van der Waals surface area contributed by atoms with E-state index >= 15 is 0 Å². The second-order valence-electron chi connectivity index (χ2n) is 7.78. The Labute approximate surface area is 181 Å². The number of rotatable bonds is 5. The lowest BCUT2D eigenvalue weighted by atomic mass is 10.1. The van der Waals surface area contributed by atoms with Crippen molar-refractivity contribution in [1.29, 1.82) is 0 Å². The number of aryl methyl sites for hydroxylation is 3. The Morgan fingerprint density at radius 1 is 1.00 bits per heavy atom. The average molecular weight is 419 g/mol. The molecule has 0 aliphatic carbocycles. The van der Waals surface area contributed by atoms with Crippen LogP contribution in [0.2, 0.25) is 0 Å². The smallest absolute Gasteiger partial charge is 0.351 e. The highest BCUT2D eigenvalue weighted by atomic mass is 16.6. The molecule has 0 bridgehead atoms. The summed E-state index contributed by atoms with van der Waals surface area (Å²) >= 11 is 0. The molecular formula is C25H25NO5. The summed E-state index contributed by atoms with van der Waals surface area (Å²) in [6.45, 7) is 7.68. The van der Waals surface area contributed by atoms with Crippen LogP contribution in [0.15, 0.2) is 48.5 Å². The van der Waals surface area contributed by atoms with E-state index in [1.807, 2.05) is 36.6 Å². The molecular weight excluding hydrogens is 394 g/mol. The van der Waals surface area contributed by atoms with Crippen LogP contribution >= 0.6 is 0 Å². The van der Waals surface area contributed by atoms with Crippen LogP contribution in [-0.2, 0) is 9.53 Å². The second-order valence-corrected chi connectivity index (χ2v) is 7.78. The molecule has 0 saturated heterocycles. The van der Waals surface area contributed by atoms with Crippen molar-refractivity contribution >= 4 is 11.8 Å². The van der Waals surface area contributed by atoms with E-state index in [1.165, 1.54) is 11.1 Å². The van der Waals surface area contributed by atoms with Gasteiger partial charge in [0.05, 0.1) is 0 Å². The van der Waals surface area contributed by atoms with Crippen molar-refractivity contribution in [2.24, 2.45) is 0 Å². The number of Topliss-reactive ketones (excluding diaryl/α,β-unsaturated/α-hetero) is 1. The van der Waals surface area contributed by atoms with Gasteiger partial charge < -0.3 is 18.8 Å². The first-order chi connectivity index (χ1) is 14.8. The van der Waals surface area contributed by atoms with Gasteiger partial charge in [-0.25, -0.2) is 4.79 Å². The molecule has 3 aromatic rings. The van der Waals surface area contributed by atoms with Gasteiger partial charge in [-0.05, 0) is 69.2 Å². The molecule has 160 valence electrons. The summed E-state index contributed by atoms with van der Waals surface area (Å²) in [7, 11) is 0. The molecule has 1 aliphatic heterocycles. The average Bonchev–Trinajstić information content (AvgIpc) is 3.07. The first kappa shape index (κ1) is 20.7. The van der Waals surface area contributed by atoms with Crippen molar-refractivity contribution in [3.05, 3.63) is 76.6 Å². The number of esters is 1. The fourth-order valence-corrected chi connectivity index (χ4v) is 3.75. The molecule has 6 nitrogen and oxygen atoms in total. The molecule has 2 heterocycles. The third kappa shape index (κ3) is 4.06. The molecule has 0 radical (unpaired) electrons. The topological polar surface area (TPSA) is 66.8 Å².